The van der Waals surface area contributed by atoms with Crippen LogP contribution in [0.3, 0.4) is 0 Å². The molecule has 0 amide bonds. The Hall–Kier alpha value is -1.60. The molecule has 0 aromatic carbocycles. The Morgan fingerprint density at radius 3 is 2.74 bits per heavy atom. The lowest BCUT2D eigenvalue weighted by atomic mass is 10.3. The van der Waals surface area contributed by atoms with Crippen molar-refractivity contribution in [3.8, 4) is 0 Å². The fourth-order valence-electron chi connectivity index (χ4n) is 1.61. The summed E-state index contributed by atoms with van der Waals surface area (Å²) in [4.78, 5) is 3.82. The lowest BCUT2D eigenvalue weighted by Gasteiger charge is -2.06. The average Bonchev–Trinajstić information content (AvgIpc) is 2.69. The fraction of sp³-hybridized carbons (Fsp3) is 0.273. The van der Waals surface area contributed by atoms with Crippen LogP contribution < -0.4 is 4.72 Å². The molecule has 0 spiro atoms. The molecule has 2 rings (SSSR count). The normalized spacial score (nSPS) is 11.5. The van der Waals surface area contributed by atoms with E-state index in [0.717, 1.165) is 0 Å². The first-order valence-electron chi connectivity index (χ1n) is 5.59. The van der Waals surface area contributed by atoms with Crippen molar-refractivity contribution in [1.29, 1.82) is 0 Å². The third kappa shape index (κ3) is 3.05. The second-order valence-electron chi connectivity index (χ2n) is 3.94. The lowest BCUT2D eigenvalue weighted by Crippen LogP contribution is -2.13. The summed E-state index contributed by atoms with van der Waals surface area (Å²) in [5.41, 5.74) is 1.16. The average molecular weight is 301 g/mol. The van der Waals surface area contributed by atoms with Gasteiger partial charge in [-0.3, -0.25) is 9.40 Å². The molecule has 0 aliphatic heterocycles. The lowest BCUT2D eigenvalue weighted by molar-refractivity contribution is 0.600. The molecular weight excluding hydrogens is 288 g/mol. The van der Waals surface area contributed by atoms with E-state index in [1.54, 1.807) is 17.9 Å². The molecule has 8 heteroatoms. The van der Waals surface area contributed by atoms with E-state index in [-0.39, 0.29) is 10.0 Å². The van der Waals surface area contributed by atoms with Crippen LogP contribution in [0.5, 0.6) is 0 Å². The van der Waals surface area contributed by atoms with Gasteiger partial charge in [0.1, 0.15) is 10.0 Å². The number of aromatic nitrogens is 3. The molecule has 0 saturated carbocycles. The minimum absolute atomic E-state index is 0.0582. The molecule has 0 aliphatic rings. The Labute approximate surface area is 116 Å². The van der Waals surface area contributed by atoms with Crippen molar-refractivity contribution in [2.45, 2.75) is 18.2 Å². The number of sulfonamides is 1. The maximum Gasteiger partial charge on any atom is 0.263 e. The zero-order valence-electron chi connectivity index (χ0n) is 10.5. The van der Waals surface area contributed by atoms with E-state index < -0.39 is 10.0 Å². The van der Waals surface area contributed by atoms with Crippen LogP contribution in [0.15, 0.2) is 29.4 Å². The van der Waals surface area contributed by atoms with Gasteiger partial charge >= 0.3 is 0 Å². The topological polar surface area (TPSA) is 76.9 Å². The number of halogens is 1. The fourth-order valence-corrected chi connectivity index (χ4v) is 2.73. The van der Waals surface area contributed by atoms with Gasteiger partial charge in [0.15, 0.2) is 0 Å². The number of hydrogen-bond donors (Lipinski definition) is 1. The van der Waals surface area contributed by atoms with E-state index in [0.29, 0.717) is 17.8 Å². The molecule has 1 N–H and O–H groups in total. The van der Waals surface area contributed by atoms with Gasteiger partial charge in [-0.05, 0) is 18.6 Å². The largest absolute Gasteiger partial charge is 0.276 e. The van der Waals surface area contributed by atoms with Crippen molar-refractivity contribution >= 4 is 27.3 Å². The summed E-state index contributed by atoms with van der Waals surface area (Å²) in [5, 5.41) is 4.42. The molecule has 0 bridgehead atoms. The van der Waals surface area contributed by atoms with E-state index in [4.69, 9.17) is 11.6 Å². The standard InChI is InChI=1S/C11H13ClN4O2S/c1-3-9-10(7-16(2)14-9)15-19(17,18)8-4-5-11(12)13-6-8/h4-7,15H,3H2,1-2H3. The van der Waals surface area contributed by atoms with Crippen molar-refractivity contribution in [3.63, 3.8) is 0 Å². The van der Waals surface area contributed by atoms with Gasteiger partial charge in [0.05, 0.1) is 11.4 Å². The zero-order chi connectivity index (χ0) is 14.0. The molecule has 0 atom stereocenters. The number of anilines is 1. The van der Waals surface area contributed by atoms with Crippen LogP contribution >= 0.6 is 11.6 Å². The summed E-state index contributed by atoms with van der Waals surface area (Å²) in [5.74, 6) is 0. The molecule has 0 radical (unpaired) electrons. The molecule has 2 aromatic heterocycles. The number of aryl methyl sites for hydroxylation is 2. The number of nitrogens with one attached hydrogen (secondary N) is 1. The first-order chi connectivity index (χ1) is 8.92. The summed E-state index contributed by atoms with van der Waals surface area (Å²) in [7, 11) is -1.94. The summed E-state index contributed by atoms with van der Waals surface area (Å²) < 4.78 is 28.4. The summed E-state index contributed by atoms with van der Waals surface area (Å²) in [6, 6.07) is 2.83. The van der Waals surface area contributed by atoms with Gasteiger partial charge in [-0.25, -0.2) is 13.4 Å². The van der Waals surface area contributed by atoms with Crippen molar-refractivity contribution < 1.29 is 8.42 Å². The first kappa shape index (κ1) is 13.8. The highest BCUT2D eigenvalue weighted by molar-refractivity contribution is 7.92. The molecule has 19 heavy (non-hydrogen) atoms. The van der Waals surface area contributed by atoms with Gasteiger partial charge in [-0.1, -0.05) is 18.5 Å². The van der Waals surface area contributed by atoms with E-state index in [9.17, 15) is 8.42 Å². The van der Waals surface area contributed by atoms with Crippen LogP contribution in [0.4, 0.5) is 5.69 Å². The third-order valence-corrected chi connectivity index (χ3v) is 4.07. The van der Waals surface area contributed by atoms with E-state index >= 15 is 0 Å². The van der Waals surface area contributed by atoms with Crippen LogP contribution in [0.1, 0.15) is 12.6 Å². The monoisotopic (exact) mass is 300 g/mol. The molecule has 6 nitrogen and oxygen atoms in total. The first-order valence-corrected chi connectivity index (χ1v) is 7.45. The summed E-state index contributed by atoms with van der Waals surface area (Å²) in [6.07, 6.45) is 3.48. The van der Waals surface area contributed by atoms with Crippen LogP contribution in [0, 0.1) is 0 Å². The molecular formula is C11H13ClN4O2S. The minimum atomic E-state index is -3.67. The number of nitrogens with zero attached hydrogens (tertiary/aromatic N) is 3. The van der Waals surface area contributed by atoms with Gasteiger partial charge in [0.25, 0.3) is 10.0 Å². The maximum absolute atomic E-state index is 12.2. The summed E-state index contributed by atoms with van der Waals surface area (Å²) >= 11 is 5.63. The zero-order valence-corrected chi connectivity index (χ0v) is 12.0. The van der Waals surface area contributed by atoms with Gasteiger partial charge in [-0.15, -0.1) is 0 Å². The predicted octanol–water partition coefficient (Wildman–Crippen LogP) is 1.83. The van der Waals surface area contributed by atoms with Crippen LogP contribution in [0.2, 0.25) is 5.15 Å². The van der Waals surface area contributed by atoms with Crippen LogP contribution in [-0.4, -0.2) is 23.2 Å². The highest BCUT2D eigenvalue weighted by atomic mass is 35.5. The molecule has 102 valence electrons. The minimum Gasteiger partial charge on any atom is -0.276 e. The van der Waals surface area contributed by atoms with E-state index in [1.807, 2.05) is 6.92 Å². The van der Waals surface area contributed by atoms with Gasteiger partial charge in [-0.2, -0.15) is 5.10 Å². The highest BCUT2D eigenvalue weighted by Crippen LogP contribution is 2.19. The maximum atomic E-state index is 12.2. The SMILES string of the molecule is CCc1nn(C)cc1NS(=O)(=O)c1ccc(Cl)nc1. The number of rotatable bonds is 4. The van der Waals surface area contributed by atoms with Gasteiger partial charge in [0, 0.05) is 19.4 Å². The smallest absolute Gasteiger partial charge is 0.263 e. The summed E-state index contributed by atoms with van der Waals surface area (Å²) in [6.45, 7) is 1.91. The highest BCUT2D eigenvalue weighted by Gasteiger charge is 2.17. The number of pyridine rings is 1. The quantitative estimate of drug-likeness (QED) is 0.874. The second kappa shape index (κ2) is 5.18. The Bertz CT molecular complexity index is 679. The molecule has 0 saturated heterocycles. The molecule has 2 aromatic rings. The van der Waals surface area contributed by atoms with Crippen LogP contribution in [-0.2, 0) is 23.5 Å². The van der Waals surface area contributed by atoms with Crippen molar-refractivity contribution in [1.82, 2.24) is 14.8 Å². The van der Waals surface area contributed by atoms with Crippen molar-refractivity contribution in [2.75, 3.05) is 4.72 Å². The second-order valence-corrected chi connectivity index (χ2v) is 6.01. The van der Waals surface area contributed by atoms with Gasteiger partial charge in [0.2, 0.25) is 0 Å². The molecule has 0 unspecified atom stereocenters. The van der Waals surface area contributed by atoms with E-state index in [2.05, 4.69) is 14.8 Å². The van der Waals surface area contributed by atoms with Gasteiger partial charge < -0.3 is 0 Å². The Kier molecular flexibility index (Phi) is 3.77. The predicted molar refractivity (Wildman–Crippen MR) is 72.6 cm³/mol. The number of hydrogen-bond acceptors (Lipinski definition) is 4. The molecule has 0 aliphatic carbocycles. The third-order valence-electron chi connectivity index (χ3n) is 2.50. The van der Waals surface area contributed by atoms with E-state index in [1.165, 1.54) is 18.3 Å². The van der Waals surface area contributed by atoms with Crippen molar-refractivity contribution in [3.05, 3.63) is 35.4 Å². The van der Waals surface area contributed by atoms with Crippen LogP contribution in [0.25, 0.3) is 0 Å². The molecule has 2 heterocycles. The van der Waals surface area contributed by atoms with Crippen molar-refractivity contribution in [2.24, 2.45) is 7.05 Å². The Balaban J connectivity index is 2.33. The molecule has 0 fully saturated rings. The Morgan fingerprint density at radius 1 is 1.42 bits per heavy atom. The Morgan fingerprint density at radius 2 is 2.16 bits per heavy atom.